The first-order valence-electron chi connectivity index (χ1n) is 9.08. The highest BCUT2D eigenvalue weighted by Crippen LogP contribution is 2.34. The summed E-state index contributed by atoms with van der Waals surface area (Å²) in [6.45, 7) is 1.58. The van der Waals surface area contributed by atoms with E-state index in [-0.39, 0.29) is 46.4 Å². The lowest BCUT2D eigenvalue weighted by Gasteiger charge is -2.12. The second-order valence-electron chi connectivity index (χ2n) is 6.68. The van der Waals surface area contributed by atoms with Crippen molar-refractivity contribution in [1.82, 2.24) is 20.2 Å². The van der Waals surface area contributed by atoms with Crippen LogP contribution in [-0.4, -0.2) is 37.9 Å². The van der Waals surface area contributed by atoms with Crippen molar-refractivity contribution in [3.05, 3.63) is 59.7 Å². The summed E-state index contributed by atoms with van der Waals surface area (Å²) in [5.41, 5.74) is -0.0212. The van der Waals surface area contributed by atoms with Crippen LogP contribution in [0.4, 0.5) is 23.4 Å². The van der Waals surface area contributed by atoms with Crippen LogP contribution < -0.4 is 10.1 Å². The lowest BCUT2D eigenvalue weighted by molar-refractivity contribution is 0.208. The summed E-state index contributed by atoms with van der Waals surface area (Å²) in [5, 5.41) is 19.3. The number of benzene rings is 2. The van der Waals surface area contributed by atoms with Gasteiger partial charge in [0.05, 0.1) is 11.5 Å². The molecule has 0 fully saturated rings. The fourth-order valence-electron chi connectivity index (χ4n) is 2.86. The molecule has 1 atom stereocenters. The van der Waals surface area contributed by atoms with E-state index in [1.165, 1.54) is 6.92 Å². The maximum Gasteiger partial charge on any atom is 0.326 e. The molecule has 31 heavy (non-hydrogen) atoms. The van der Waals surface area contributed by atoms with Gasteiger partial charge in [-0.3, -0.25) is 5.10 Å². The number of H-pyrrole nitrogens is 1. The SMILES string of the molecule is CC(O)CNc1nc(Oc2ccc(F)cc2F)nc2[nH]nc(-c3cc(F)ccc3F)c12. The molecule has 4 rings (SSSR count). The smallest absolute Gasteiger partial charge is 0.326 e. The predicted molar refractivity (Wildman–Crippen MR) is 104 cm³/mol. The zero-order chi connectivity index (χ0) is 22.1. The van der Waals surface area contributed by atoms with Crippen molar-refractivity contribution in [2.75, 3.05) is 11.9 Å². The Labute approximate surface area is 172 Å². The molecule has 0 amide bonds. The average molecular weight is 433 g/mol. The topological polar surface area (TPSA) is 96.0 Å². The van der Waals surface area contributed by atoms with Gasteiger partial charge in [-0.2, -0.15) is 15.1 Å². The molecule has 11 heteroatoms. The van der Waals surface area contributed by atoms with Gasteiger partial charge in [-0.05, 0) is 37.3 Å². The van der Waals surface area contributed by atoms with Crippen LogP contribution in [-0.2, 0) is 0 Å². The average Bonchev–Trinajstić information content (AvgIpc) is 3.14. The van der Waals surface area contributed by atoms with Gasteiger partial charge in [-0.25, -0.2) is 17.6 Å². The van der Waals surface area contributed by atoms with Gasteiger partial charge in [-0.1, -0.05) is 0 Å². The lowest BCUT2D eigenvalue weighted by atomic mass is 10.1. The van der Waals surface area contributed by atoms with E-state index in [1.807, 2.05) is 0 Å². The van der Waals surface area contributed by atoms with Crippen molar-refractivity contribution < 1.29 is 27.4 Å². The van der Waals surface area contributed by atoms with Gasteiger partial charge in [0.1, 0.15) is 29.0 Å². The Morgan fingerprint density at radius 1 is 1.03 bits per heavy atom. The molecule has 0 aliphatic carbocycles. The highest BCUT2D eigenvalue weighted by Gasteiger charge is 2.21. The van der Waals surface area contributed by atoms with Gasteiger partial charge < -0.3 is 15.2 Å². The van der Waals surface area contributed by atoms with Crippen LogP contribution in [0.25, 0.3) is 22.3 Å². The summed E-state index contributed by atoms with van der Waals surface area (Å²) >= 11 is 0. The zero-order valence-electron chi connectivity index (χ0n) is 16.0. The third-order valence-electron chi connectivity index (χ3n) is 4.24. The van der Waals surface area contributed by atoms with Crippen LogP contribution >= 0.6 is 0 Å². The van der Waals surface area contributed by atoms with Crippen molar-refractivity contribution in [2.24, 2.45) is 0 Å². The molecule has 2 aromatic carbocycles. The molecule has 7 nitrogen and oxygen atoms in total. The Morgan fingerprint density at radius 2 is 1.77 bits per heavy atom. The number of halogens is 4. The van der Waals surface area contributed by atoms with Gasteiger partial charge in [-0.15, -0.1) is 0 Å². The van der Waals surface area contributed by atoms with Crippen molar-refractivity contribution in [3.63, 3.8) is 0 Å². The first kappa shape index (κ1) is 20.5. The summed E-state index contributed by atoms with van der Waals surface area (Å²) in [7, 11) is 0. The Morgan fingerprint density at radius 3 is 2.52 bits per heavy atom. The molecule has 0 saturated heterocycles. The molecule has 1 unspecified atom stereocenters. The first-order valence-corrected chi connectivity index (χ1v) is 9.08. The highest BCUT2D eigenvalue weighted by molar-refractivity contribution is 5.99. The molecule has 0 aliphatic heterocycles. The zero-order valence-corrected chi connectivity index (χ0v) is 16.0. The number of hydrogen-bond donors (Lipinski definition) is 3. The maximum atomic E-state index is 14.3. The second kappa shape index (κ2) is 8.19. The van der Waals surface area contributed by atoms with E-state index >= 15 is 0 Å². The number of fused-ring (bicyclic) bond motifs is 1. The summed E-state index contributed by atoms with van der Waals surface area (Å²) in [6.07, 6.45) is -0.773. The molecule has 160 valence electrons. The molecule has 0 saturated carbocycles. The molecule has 0 radical (unpaired) electrons. The summed E-state index contributed by atoms with van der Waals surface area (Å²) in [4.78, 5) is 8.24. The quantitative estimate of drug-likeness (QED) is 0.395. The van der Waals surface area contributed by atoms with Crippen LogP contribution in [0.2, 0.25) is 0 Å². The monoisotopic (exact) mass is 433 g/mol. The van der Waals surface area contributed by atoms with Gasteiger partial charge in [0, 0.05) is 18.2 Å². The number of ether oxygens (including phenoxy) is 1. The van der Waals surface area contributed by atoms with E-state index in [0.29, 0.717) is 6.07 Å². The van der Waals surface area contributed by atoms with E-state index in [0.717, 1.165) is 30.3 Å². The molecule has 2 heterocycles. The molecule has 0 spiro atoms. The molecular formula is C20H15F4N5O2. The van der Waals surface area contributed by atoms with E-state index in [2.05, 4.69) is 25.5 Å². The Hall–Kier alpha value is -3.73. The minimum atomic E-state index is -0.964. The number of rotatable bonds is 6. The van der Waals surface area contributed by atoms with Crippen molar-refractivity contribution in [2.45, 2.75) is 13.0 Å². The van der Waals surface area contributed by atoms with Crippen molar-refractivity contribution in [1.29, 1.82) is 0 Å². The Balaban J connectivity index is 1.83. The minimum absolute atomic E-state index is 0.0274. The number of anilines is 1. The fraction of sp³-hybridized carbons (Fsp3) is 0.150. The number of aliphatic hydroxyl groups is 1. The summed E-state index contributed by atoms with van der Waals surface area (Å²) < 4.78 is 60.4. The largest absolute Gasteiger partial charge is 0.421 e. The lowest BCUT2D eigenvalue weighted by Crippen LogP contribution is -2.16. The van der Waals surface area contributed by atoms with Gasteiger partial charge in [0.15, 0.2) is 17.2 Å². The fourth-order valence-corrected chi connectivity index (χ4v) is 2.86. The molecule has 2 aromatic heterocycles. The molecule has 0 bridgehead atoms. The van der Waals surface area contributed by atoms with Crippen molar-refractivity contribution >= 4 is 16.9 Å². The molecule has 4 aromatic rings. The standard InChI is InChI=1S/C20H15F4N5O2/c1-9(30)8-25-18-16-17(12-6-10(21)2-4-13(12)23)28-29-19(16)27-20(26-18)31-15-5-3-11(22)7-14(15)24/h2-7,9,30H,8H2,1H3,(H2,25,26,27,28,29). The van der Waals surface area contributed by atoms with Gasteiger partial charge in [0.25, 0.3) is 0 Å². The number of aliphatic hydroxyl groups excluding tert-OH is 1. The first-order chi connectivity index (χ1) is 14.8. The van der Waals surface area contributed by atoms with Crippen LogP contribution in [0.15, 0.2) is 36.4 Å². The second-order valence-corrected chi connectivity index (χ2v) is 6.68. The van der Waals surface area contributed by atoms with Crippen LogP contribution in [0.1, 0.15) is 6.92 Å². The number of aromatic amines is 1. The van der Waals surface area contributed by atoms with E-state index in [1.54, 1.807) is 0 Å². The van der Waals surface area contributed by atoms with Crippen LogP contribution in [0, 0.1) is 23.3 Å². The van der Waals surface area contributed by atoms with Crippen LogP contribution in [0.3, 0.4) is 0 Å². The molecule has 3 N–H and O–H groups in total. The van der Waals surface area contributed by atoms with E-state index < -0.39 is 29.4 Å². The van der Waals surface area contributed by atoms with E-state index in [4.69, 9.17) is 4.74 Å². The normalized spacial score (nSPS) is 12.2. The third-order valence-corrected chi connectivity index (χ3v) is 4.24. The number of nitrogens with zero attached hydrogens (tertiary/aromatic N) is 3. The Bertz CT molecular complexity index is 1260. The molecular weight excluding hydrogens is 418 g/mol. The third kappa shape index (κ3) is 4.26. The Kier molecular flexibility index (Phi) is 5.42. The summed E-state index contributed by atoms with van der Waals surface area (Å²) in [5.74, 6) is -3.37. The predicted octanol–water partition coefficient (Wildman–Crippen LogP) is 4.16. The number of hydrogen-bond acceptors (Lipinski definition) is 6. The summed E-state index contributed by atoms with van der Waals surface area (Å²) in [6, 6.07) is 5.31. The highest BCUT2D eigenvalue weighted by atomic mass is 19.1. The number of aromatic nitrogens is 4. The minimum Gasteiger partial charge on any atom is -0.421 e. The van der Waals surface area contributed by atoms with Gasteiger partial charge in [0.2, 0.25) is 0 Å². The van der Waals surface area contributed by atoms with Gasteiger partial charge >= 0.3 is 6.01 Å². The van der Waals surface area contributed by atoms with Crippen LogP contribution in [0.5, 0.6) is 11.8 Å². The maximum absolute atomic E-state index is 14.3. The molecule has 0 aliphatic rings. The number of nitrogens with one attached hydrogen (secondary N) is 2. The van der Waals surface area contributed by atoms with E-state index in [9.17, 15) is 22.7 Å². The van der Waals surface area contributed by atoms with Crippen molar-refractivity contribution in [3.8, 4) is 23.0 Å².